The van der Waals surface area contributed by atoms with Gasteiger partial charge in [0.25, 0.3) is 0 Å². The van der Waals surface area contributed by atoms with E-state index in [0.29, 0.717) is 0 Å². The van der Waals surface area contributed by atoms with Crippen LogP contribution >= 0.6 is 0 Å². The van der Waals surface area contributed by atoms with Crippen LogP contribution in [-0.4, -0.2) is 29.2 Å². The maximum Gasteiger partial charge on any atom is 2.00 e. The average molecular weight is 132 g/mol. The minimum atomic E-state index is 0. The van der Waals surface area contributed by atoms with Crippen LogP contribution < -0.4 is 0 Å². The number of hydrogen-bond donors (Lipinski definition) is 0. The first-order valence-electron chi connectivity index (χ1n) is 0.575. The van der Waals surface area contributed by atoms with E-state index in [4.69, 9.17) is 19.5 Å². The van der Waals surface area contributed by atoms with E-state index in [2.05, 4.69) is 0 Å². The second-order valence-corrected chi connectivity index (χ2v) is 0.0833. The van der Waals surface area contributed by atoms with Gasteiger partial charge in [0.2, 0.25) is 0 Å². The Bertz CT molecular complexity index is 40.5. The third kappa shape index (κ3) is 2010. The van der Waals surface area contributed by atoms with Crippen molar-refractivity contribution in [1.82, 2.24) is 0 Å². The summed E-state index contributed by atoms with van der Waals surface area (Å²) in [4.78, 5) is 30.2. The molecule has 0 atom stereocenters. The summed E-state index contributed by atoms with van der Waals surface area (Å²) in [6, 6.07) is 0. The van der Waals surface area contributed by atoms with Crippen molar-refractivity contribution in [2.24, 2.45) is 0 Å². The van der Waals surface area contributed by atoms with Crippen molar-refractivity contribution < 1.29 is 9.59 Å². The summed E-state index contributed by atoms with van der Waals surface area (Å²) in [5.41, 5.74) is 0. The molecule has 0 fully saturated rings. The van der Waals surface area contributed by atoms with Crippen molar-refractivity contribution in [3.05, 3.63) is 9.93 Å². The van der Waals surface area contributed by atoms with Gasteiger partial charge >= 0.3 is 29.2 Å². The number of hydrogen-bond acceptors (Lipinski definition) is 4. The van der Waals surface area contributed by atoms with Gasteiger partial charge in [0.05, 0.1) is 0 Å². The molecule has 0 aliphatic rings. The van der Waals surface area contributed by atoms with Crippen LogP contribution in [0.5, 0.6) is 0 Å². The van der Waals surface area contributed by atoms with E-state index in [1.807, 2.05) is 0 Å². The Hall–Kier alpha value is -0.254. The average Bonchev–Trinajstić information content (AvgIpc) is 1.46. The quantitative estimate of drug-likeness (QED) is 0.447. The summed E-state index contributed by atoms with van der Waals surface area (Å²) < 4.78 is 0. The SMILES string of the molecule is C.C.O=C=O.O=O.[Mg+2]. The van der Waals surface area contributed by atoms with Crippen LogP contribution in [-0.2, 0) is 9.59 Å². The monoisotopic (exact) mass is 132 g/mol. The maximum absolute atomic E-state index is 8.12. The molecule has 5 heteroatoms. The molecule has 0 aromatic carbocycles. The Kier molecular flexibility index (Phi) is 2340. The van der Waals surface area contributed by atoms with Gasteiger partial charge in [0, 0.05) is 9.93 Å². The fourth-order valence-electron chi connectivity index (χ4n) is 0. The fourth-order valence-corrected chi connectivity index (χ4v) is 0. The van der Waals surface area contributed by atoms with E-state index >= 15 is 0 Å². The first-order valence-corrected chi connectivity index (χ1v) is 0.575. The van der Waals surface area contributed by atoms with Gasteiger partial charge in [-0.15, -0.1) is 0 Å². The molecule has 0 N–H and O–H groups in total. The largest absolute Gasteiger partial charge is 2.00 e. The minimum absolute atomic E-state index is 0. The van der Waals surface area contributed by atoms with Gasteiger partial charge in [0.15, 0.2) is 0 Å². The maximum atomic E-state index is 8.12. The molecule has 0 rings (SSSR count). The van der Waals surface area contributed by atoms with Crippen molar-refractivity contribution in [3.8, 4) is 0 Å². The van der Waals surface area contributed by atoms with Gasteiger partial charge in [-0.3, -0.25) is 0 Å². The first kappa shape index (κ1) is 46.7. The van der Waals surface area contributed by atoms with Crippen LogP contribution in [0.25, 0.3) is 0 Å². The number of carbonyl (C=O) groups excluding carboxylic acids is 2. The molecule has 0 radical (unpaired) electrons. The summed E-state index contributed by atoms with van der Waals surface area (Å²) >= 11 is 0. The summed E-state index contributed by atoms with van der Waals surface area (Å²) in [5.74, 6) is 0. The molecule has 0 saturated carbocycles. The first-order chi connectivity index (χ1) is 2.41. The molecule has 0 saturated heterocycles. The van der Waals surface area contributed by atoms with Crippen LogP contribution in [0.1, 0.15) is 14.9 Å². The minimum Gasteiger partial charge on any atom is -0.186 e. The predicted octanol–water partition coefficient (Wildman–Crippen LogP) is 0.375. The molecule has 0 aliphatic heterocycles. The molecule has 0 amide bonds. The fraction of sp³-hybridized carbons (Fsp3) is 0.667. The molecule has 0 aromatic rings. The third-order valence-corrected chi connectivity index (χ3v) is 0. The van der Waals surface area contributed by atoms with Gasteiger partial charge in [-0.25, -0.2) is 0 Å². The normalized spacial score (nSPS) is 1.50. The molecule has 44 valence electrons. The Morgan fingerprint density at radius 3 is 0.875 bits per heavy atom. The Labute approximate surface area is 64.0 Å². The topological polar surface area (TPSA) is 68.3 Å². The van der Waals surface area contributed by atoms with Gasteiger partial charge < -0.3 is 0 Å². The van der Waals surface area contributed by atoms with Crippen molar-refractivity contribution in [2.75, 3.05) is 0 Å². The standard InChI is InChI=1S/CO2.2CH4.Mg.O2/c2-1-3;;;;1-2/h;2*1H4;;/q;;;+2;. The van der Waals surface area contributed by atoms with Crippen LogP contribution in [0.15, 0.2) is 0 Å². The summed E-state index contributed by atoms with van der Waals surface area (Å²) in [5, 5.41) is 0. The molecular formula is C3H8MgO4+2. The van der Waals surface area contributed by atoms with Crippen molar-refractivity contribution in [2.45, 2.75) is 14.9 Å². The Morgan fingerprint density at radius 2 is 0.875 bits per heavy atom. The van der Waals surface area contributed by atoms with Gasteiger partial charge in [-0.05, 0) is 0 Å². The second kappa shape index (κ2) is 400. The van der Waals surface area contributed by atoms with Gasteiger partial charge in [-0.1, -0.05) is 14.9 Å². The Morgan fingerprint density at radius 1 is 0.875 bits per heavy atom. The third-order valence-electron chi connectivity index (χ3n) is 0. The summed E-state index contributed by atoms with van der Waals surface area (Å²) in [7, 11) is 0. The van der Waals surface area contributed by atoms with E-state index in [0.717, 1.165) is 0 Å². The molecule has 8 heavy (non-hydrogen) atoms. The van der Waals surface area contributed by atoms with E-state index in [1.54, 1.807) is 0 Å². The van der Waals surface area contributed by atoms with Crippen LogP contribution in [0.4, 0.5) is 0 Å². The van der Waals surface area contributed by atoms with Crippen LogP contribution in [0, 0.1) is 9.93 Å². The van der Waals surface area contributed by atoms with Crippen molar-refractivity contribution >= 4 is 29.2 Å². The van der Waals surface area contributed by atoms with Crippen LogP contribution in [0.2, 0.25) is 0 Å². The smallest absolute Gasteiger partial charge is 0.186 e. The van der Waals surface area contributed by atoms with Crippen molar-refractivity contribution in [1.29, 1.82) is 0 Å². The number of rotatable bonds is 0. The van der Waals surface area contributed by atoms with Crippen molar-refractivity contribution in [3.63, 3.8) is 0 Å². The zero-order chi connectivity index (χ0) is 4.71. The predicted molar refractivity (Wildman–Crippen MR) is 31.0 cm³/mol. The van der Waals surface area contributed by atoms with E-state index in [9.17, 15) is 0 Å². The molecule has 4 nitrogen and oxygen atoms in total. The molecule has 0 aromatic heterocycles. The zero-order valence-corrected chi connectivity index (χ0v) is 4.25. The molecule has 0 bridgehead atoms. The molecular weight excluding hydrogens is 124 g/mol. The molecule has 0 unspecified atom stereocenters. The molecule has 0 aliphatic carbocycles. The van der Waals surface area contributed by atoms with Crippen LogP contribution in [0.3, 0.4) is 0 Å². The molecule has 0 spiro atoms. The second-order valence-electron chi connectivity index (χ2n) is 0.0833. The van der Waals surface area contributed by atoms with E-state index in [-0.39, 0.29) is 44.1 Å². The summed E-state index contributed by atoms with van der Waals surface area (Å²) in [6.45, 7) is 0. The summed E-state index contributed by atoms with van der Waals surface area (Å²) in [6.07, 6.45) is 0.250. The molecule has 0 heterocycles. The van der Waals surface area contributed by atoms with Gasteiger partial charge in [-0.2, -0.15) is 9.59 Å². The van der Waals surface area contributed by atoms with E-state index < -0.39 is 0 Å². The zero-order valence-electron chi connectivity index (χ0n) is 2.84. The Balaban J connectivity index is -0.00000000567. The van der Waals surface area contributed by atoms with Gasteiger partial charge in [0.1, 0.15) is 0 Å². The van der Waals surface area contributed by atoms with E-state index in [1.165, 1.54) is 0 Å².